The largest absolute Gasteiger partial charge is 0.382 e. The van der Waals surface area contributed by atoms with Crippen LogP contribution < -0.4 is 15.1 Å². The van der Waals surface area contributed by atoms with E-state index in [1.54, 1.807) is 12.1 Å². The molecule has 7 nitrogen and oxygen atoms in total. The number of carbonyl (C=O) groups is 1. The smallest absolute Gasteiger partial charge is 0.254 e. The number of benzene rings is 1. The number of pyridine rings is 2. The van der Waals surface area contributed by atoms with E-state index < -0.39 is 0 Å². The Morgan fingerprint density at radius 2 is 1.37 bits per heavy atom. The van der Waals surface area contributed by atoms with Crippen LogP contribution in [-0.2, 0) is 0 Å². The lowest BCUT2D eigenvalue weighted by atomic mass is 9.94. The van der Waals surface area contributed by atoms with Gasteiger partial charge in [-0.3, -0.25) is 4.79 Å². The van der Waals surface area contributed by atoms with Crippen molar-refractivity contribution in [3.63, 3.8) is 0 Å². The second-order valence-electron chi connectivity index (χ2n) is 10.2. The highest BCUT2D eigenvalue weighted by Crippen LogP contribution is 2.31. The van der Waals surface area contributed by atoms with Gasteiger partial charge in [0, 0.05) is 56.6 Å². The highest BCUT2D eigenvalue weighted by Gasteiger charge is 2.27. The first-order valence-electron chi connectivity index (χ1n) is 13.2. The third-order valence-corrected chi connectivity index (χ3v) is 7.67. The van der Waals surface area contributed by atoms with E-state index >= 15 is 0 Å². The molecule has 2 saturated heterocycles. The van der Waals surface area contributed by atoms with Gasteiger partial charge in [-0.05, 0) is 74.6 Å². The van der Waals surface area contributed by atoms with Crippen molar-refractivity contribution in [1.82, 2.24) is 14.9 Å². The Labute approximate surface area is 222 Å². The quantitative estimate of drug-likeness (QED) is 0.525. The van der Waals surface area contributed by atoms with E-state index in [2.05, 4.69) is 38.1 Å². The van der Waals surface area contributed by atoms with Crippen LogP contribution in [0.15, 0.2) is 42.7 Å². The van der Waals surface area contributed by atoms with Gasteiger partial charge in [0.1, 0.15) is 23.3 Å². The highest BCUT2D eigenvalue weighted by atomic mass is 19.1. The fraction of sp³-hybridized carbons (Fsp3) is 0.414. The monoisotopic (exact) mass is 520 g/mol. The number of piperazine rings is 1. The lowest BCUT2D eigenvalue weighted by Gasteiger charge is -2.36. The van der Waals surface area contributed by atoms with Gasteiger partial charge in [-0.2, -0.15) is 0 Å². The molecule has 1 aromatic carbocycles. The molecule has 0 unspecified atom stereocenters. The Morgan fingerprint density at radius 1 is 0.816 bits per heavy atom. The van der Waals surface area contributed by atoms with Gasteiger partial charge in [0.15, 0.2) is 0 Å². The van der Waals surface area contributed by atoms with Gasteiger partial charge < -0.3 is 20.0 Å². The predicted octanol–water partition coefficient (Wildman–Crippen LogP) is 4.72. The van der Waals surface area contributed by atoms with Crippen molar-refractivity contribution in [3.05, 3.63) is 76.6 Å². The maximum absolute atomic E-state index is 13.7. The highest BCUT2D eigenvalue weighted by molar-refractivity contribution is 5.99. The van der Waals surface area contributed by atoms with Gasteiger partial charge in [0.05, 0.1) is 12.4 Å². The summed E-state index contributed by atoms with van der Waals surface area (Å²) in [7, 11) is 0. The minimum absolute atomic E-state index is 0.0481. The molecule has 0 bridgehead atoms. The Bertz CT molecular complexity index is 1280. The van der Waals surface area contributed by atoms with Crippen LogP contribution in [0.3, 0.4) is 0 Å². The number of anilines is 3. The fourth-order valence-corrected chi connectivity index (χ4v) is 5.60. The van der Waals surface area contributed by atoms with Crippen molar-refractivity contribution >= 4 is 23.2 Å². The van der Waals surface area contributed by atoms with Gasteiger partial charge in [0.2, 0.25) is 0 Å². The third kappa shape index (κ3) is 5.42. The zero-order chi connectivity index (χ0) is 26.8. The van der Waals surface area contributed by atoms with Crippen LogP contribution in [0.1, 0.15) is 39.9 Å². The first-order chi connectivity index (χ1) is 18.3. The minimum atomic E-state index is -0.354. The van der Waals surface area contributed by atoms with Crippen molar-refractivity contribution in [2.45, 2.75) is 39.7 Å². The Balaban J connectivity index is 1.25. The summed E-state index contributed by atoms with van der Waals surface area (Å²) >= 11 is 0. The summed E-state index contributed by atoms with van der Waals surface area (Å²) in [5.41, 5.74) is 4.89. The number of nitrogens with one attached hydrogen (secondary N) is 1. The average molecular weight is 521 g/mol. The molecule has 4 heterocycles. The lowest BCUT2D eigenvalue weighted by Crippen LogP contribution is -2.49. The summed E-state index contributed by atoms with van der Waals surface area (Å²) in [5.74, 6) is 0.900. The molecule has 0 spiro atoms. The van der Waals surface area contributed by atoms with Crippen LogP contribution in [0.5, 0.6) is 0 Å². The van der Waals surface area contributed by atoms with E-state index in [1.807, 2.05) is 18.7 Å². The summed E-state index contributed by atoms with van der Waals surface area (Å²) in [6.45, 7) is 10.3. The molecule has 5 rings (SSSR count). The number of aryl methyl sites for hydroxylation is 2. The topological polar surface area (TPSA) is 64.6 Å². The fourth-order valence-electron chi connectivity index (χ4n) is 5.60. The molecule has 1 amide bonds. The number of halogens is 2. The number of aromatic nitrogens is 2. The van der Waals surface area contributed by atoms with E-state index in [4.69, 9.17) is 0 Å². The van der Waals surface area contributed by atoms with Crippen molar-refractivity contribution in [3.8, 4) is 0 Å². The zero-order valence-corrected chi connectivity index (χ0v) is 22.2. The van der Waals surface area contributed by atoms with Crippen LogP contribution in [0.25, 0.3) is 0 Å². The molecule has 9 heteroatoms. The molecular weight excluding hydrogens is 486 g/mol. The van der Waals surface area contributed by atoms with Crippen molar-refractivity contribution in [2.75, 3.05) is 54.4 Å². The molecule has 200 valence electrons. The maximum Gasteiger partial charge on any atom is 0.254 e. The lowest BCUT2D eigenvalue weighted by molar-refractivity contribution is 0.0745. The molecule has 2 aromatic heterocycles. The minimum Gasteiger partial charge on any atom is -0.382 e. The number of rotatable bonds is 5. The maximum atomic E-state index is 13.7. The van der Waals surface area contributed by atoms with E-state index in [9.17, 15) is 13.6 Å². The van der Waals surface area contributed by atoms with E-state index in [-0.39, 0.29) is 23.6 Å². The number of amides is 1. The molecule has 0 aliphatic carbocycles. The molecule has 0 saturated carbocycles. The number of carbonyl (C=O) groups excluding carboxylic acids is 1. The number of piperidine rings is 1. The van der Waals surface area contributed by atoms with Crippen molar-refractivity contribution in [2.24, 2.45) is 0 Å². The third-order valence-electron chi connectivity index (χ3n) is 7.67. The van der Waals surface area contributed by atoms with Crippen molar-refractivity contribution in [1.29, 1.82) is 0 Å². The van der Waals surface area contributed by atoms with Gasteiger partial charge in [-0.1, -0.05) is 6.07 Å². The molecule has 2 aliphatic rings. The molecule has 0 atom stereocenters. The van der Waals surface area contributed by atoms with E-state index in [1.165, 1.54) is 24.5 Å². The molecule has 1 N–H and O–H groups in total. The standard InChI is InChI=1S/C29H34F2N6O/c1-19-16-20(2)28(34-24-8-10-35(11-9-24)25-6-4-22(30)17-32-25)21(3)27(19)29(38)37-14-12-36(13-15-37)26-7-5-23(31)18-33-26/h4-7,16-18,24,34H,8-15H2,1-3H3. The zero-order valence-electron chi connectivity index (χ0n) is 22.2. The Morgan fingerprint density at radius 3 is 1.89 bits per heavy atom. The average Bonchev–Trinajstić information content (AvgIpc) is 2.92. The summed E-state index contributed by atoms with van der Waals surface area (Å²) in [4.78, 5) is 28.2. The van der Waals surface area contributed by atoms with Crippen LogP contribution in [0, 0.1) is 32.4 Å². The molecule has 2 fully saturated rings. The first-order valence-corrected chi connectivity index (χ1v) is 13.2. The number of hydrogen-bond donors (Lipinski definition) is 1. The molecule has 2 aliphatic heterocycles. The Hall–Kier alpha value is -3.75. The van der Waals surface area contributed by atoms with E-state index in [0.717, 1.165) is 65.5 Å². The molecule has 3 aromatic rings. The summed E-state index contributed by atoms with van der Waals surface area (Å²) in [6, 6.07) is 8.64. The van der Waals surface area contributed by atoms with Gasteiger partial charge in [-0.15, -0.1) is 0 Å². The van der Waals surface area contributed by atoms with Crippen LogP contribution in [0.2, 0.25) is 0 Å². The Kier molecular flexibility index (Phi) is 7.44. The van der Waals surface area contributed by atoms with Crippen molar-refractivity contribution < 1.29 is 13.6 Å². The van der Waals surface area contributed by atoms with Gasteiger partial charge in [0.25, 0.3) is 5.91 Å². The van der Waals surface area contributed by atoms with Crippen LogP contribution in [-0.4, -0.2) is 66.1 Å². The van der Waals surface area contributed by atoms with Crippen LogP contribution >= 0.6 is 0 Å². The van der Waals surface area contributed by atoms with Crippen LogP contribution in [0.4, 0.5) is 26.1 Å². The predicted molar refractivity (Wildman–Crippen MR) is 146 cm³/mol. The molecular formula is C29H34F2N6O. The summed E-state index contributed by atoms with van der Waals surface area (Å²) in [6.07, 6.45) is 4.34. The number of hydrogen-bond acceptors (Lipinski definition) is 6. The van der Waals surface area contributed by atoms with Gasteiger partial charge >= 0.3 is 0 Å². The van der Waals surface area contributed by atoms with E-state index in [0.29, 0.717) is 26.2 Å². The molecule has 0 radical (unpaired) electrons. The SMILES string of the molecule is Cc1cc(C)c(C(=O)N2CCN(c3ccc(F)cn3)CC2)c(C)c1NC1CCN(c2ccc(F)cn2)CC1. The number of nitrogens with zero attached hydrogens (tertiary/aromatic N) is 5. The summed E-state index contributed by atoms with van der Waals surface area (Å²) < 4.78 is 26.5. The second-order valence-corrected chi connectivity index (χ2v) is 10.2. The van der Waals surface area contributed by atoms with Gasteiger partial charge in [-0.25, -0.2) is 18.7 Å². The second kappa shape index (κ2) is 10.9. The normalized spacial score (nSPS) is 16.6. The summed E-state index contributed by atoms with van der Waals surface area (Å²) in [5, 5.41) is 3.73. The molecule has 38 heavy (non-hydrogen) atoms. The first kappa shape index (κ1) is 25.9.